The van der Waals surface area contributed by atoms with Crippen molar-refractivity contribution in [2.45, 2.75) is 25.2 Å². The summed E-state index contributed by atoms with van der Waals surface area (Å²) in [5, 5.41) is 0. The van der Waals surface area contributed by atoms with Crippen molar-refractivity contribution in [1.29, 1.82) is 0 Å². The number of benzene rings is 1. The van der Waals surface area contributed by atoms with Crippen LogP contribution in [0, 0.1) is 5.92 Å². The molecule has 0 aromatic heterocycles. The third kappa shape index (κ3) is 3.23. The summed E-state index contributed by atoms with van der Waals surface area (Å²) in [6.45, 7) is 1.18. The van der Waals surface area contributed by atoms with Crippen LogP contribution in [0.2, 0.25) is 0 Å². The molecule has 0 amide bonds. The highest BCUT2D eigenvalue weighted by atomic mass is 19.4. The van der Waals surface area contributed by atoms with Gasteiger partial charge < -0.3 is 5.73 Å². The Morgan fingerprint density at radius 3 is 2.50 bits per heavy atom. The van der Waals surface area contributed by atoms with Crippen LogP contribution in [0.3, 0.4) is 0 Å². The Morgan fingerprint density at radius 2 is 1.89 bits per heavy atom. The number of hydrogen-bond acceptors (Lipinski definition) is 2. The highest BCUT2D eigenvalue weighted by Crippen LogP contribution is 2.32. The molecule has 2 N–H and O–H groups in total. The molecule has 0 bridgehead atoms. The van der Waals surface area contributed by atoms with Gasteiger partial charge in [0.1, 0.15) is 0 Å². The molecule has 0 radical (unpaired) electrons. The fourth-order valence-electron chi connectivity index (χ4n) is 2.37. The van der Waals surface area contributed by atoms with Crippen molar-refractivity contribution in [1.82, 2.24) is 4.90 Å². The summed E-state index contributed by atoms with van der Waals surface area (Å²) in [5.74, 6) is -1.41. The number of likely N-dealkylation sites (tertiary alicyclic amines) is 1. The highest BCUT2D eigenvalue weighted by molar-refractivity contribution is 5.14. The van der Waals surface area contributed by atoms with E-state index in [0.717, 1.165) is 5.56 Å². The predicted molar refractivity (Wildman–Crippen MR) is 63.9 cm³/mol. The quantitative estimate of drug-likeness (QED) is 0.882. The largest absolute Gasteiger partial charge is 0.394 e. The van der Waals surface area contributed by atoms with Crippen LogP contribution in [0.15, 0.2) is 30.3 Å². The van der Waals surface area contributed by atoms with E-state index in [2.05, 4.69) is 0 Å². The molecule has 0 unspecified atom stereocenters. The maximum Gasteiger partial charge on any atom is 0.394 e. The first-order valence-corrected chi connectivity index (χ1v) is 6.05. The number of alkyl halides is 3. The second kappa shape index (κ2) is 5.28. The van der Waals surface area contributed by atoms with Gasteiger partial charge >= 0.3 is 6.18 Å². The third-order valence-corrected chi connectivity index (χ3v) is 3.42. The van der Waals surface area contributed by atoms with Gasteiger partial charge in [0.25, 0.3) is 0 Å². The number of nitrogens with zero attached hydrogens (tertiary/aromatic N) is 1. The molecule has 0 aliphatic carbocycles. The Labute approximate surface area is 105 Å². The van der Waals surface area contributed by atoms with Gasteiger partial charge in [-0.15, -0.1) is 0 Å². The SMILES string of the molecule is N[C@@H]1CCN(Cc2ccccc2)C[C@H]1C(F)(F)F. The van der Waals surface area contributed by atoms with Crippen LogP contribution in [0.25, 0.3) is 0 Å². The van der Waals surface area contributed by atoms with Crippen molar-refractivity contribution in [3.05, 3.63) is 35.9 Å². The molecule has 2 nitrogen and oxygen atoms in total. The molecule has 100 valence electrons. The minimum absolute atomic E-state index is 0.000436. The van der Waals surface area contributed by atoms with Crippen molar-refractivity contribution in [2.75, 3.05) is 13.1 Å². The van der Waals surface area contributed by atoms with E-state index < -0.39 is 18.1 Å². The molecule has 2 atom stereocenters. The fraction of sp³-hybridized carbons (Fsp3) is 0.538. The summed E-state index contributed by atoms with van der Waals surface area (Å²) in [6, 6.07) is 8.78. The number of nitrogens with two attached hydrogens (primary N) is 1. The molecule has 1 fully saturated rings. The van der Waals surface area contributed by atoms with Gasteiger partial charge in [0.15, 0.2) is 0 Å². The molecular formula is C13H17F3N2. The number of rotatable bonds is 2. The van der Waals surface area contributed by atoms with E-state index in [4.69, 9.17) is 5.73 Å². The summed E-state index contributed by atoms with van der Waals surface area (Å²) in [5.41, 5.74) is 6.61. The van der Waals surface area contributed by atoms with Crippen LogP contribution < -0.4 is 5.73 Å². The average molecular weight is 258 g/mol. The summed E-state index contributed by atoms with van der Waals surface area (Å²) >= 11 is 0. The lowest BCUT2D eigenvalue weighted by Crippen LogP contribution is -2.52. The molecule has 5 heteroatoms. The third-order valence-electron chi connectivity index (χ3n) is 3.42. The lowest BCUT2D eigenvalue weighted by atomic mass is 9.92. The van der Waals surface area contributed by atoms with Gasteiger partial charge in [0.2, 0.25) is 0 Å². The molecule has 0 saturated carbocycles. The summed E-state index contributed by atoms with van der Waals surface area (Å²) in [6.07, 6.45) is -3.80. The summed E-state index contributed by atoms with van der Waals surface area (Å²) in [7, 11) is 0. The van der Waals surface area contributed by atoms with Gasteiger partial charge in [0.05, 0.1) is 5.92 Å². The number of piperidine rings is 1. The zero-order chi connectivity index (χ0) is 13.2. The number of halogens is 3. The maximum atomic E-state index is 12.8. The van der Waals surface area contributed by atoms with Gasteiger partial charge in [-0.25, -0.2) is 0 Å². The minimum Gasteiger partial charge on any atom is -0.327 e. The van der Waals surface area contributed by atoms with Gasteiger partial charge in [-0.05, 0) is 18.5 Å². The van der Waals surface area contributed by atoms with Gasteiger partial charge in [-0.3, -0.25) is 4.90 Å². The molecule has 1 aliphatic rings. The molecule has 1 aliphatic heterocycles. The van der Waals surface area contributed by atoms with E-state index in [9.17, 15) is 13.2 Å². The van der Waals surface area contributed by atoms with Crippen LogP contribution >= 0.6 is 0 Å². The Kier molecular flexibility index (Phi) is 3.92. The Morgan fingerprint density at radius 1 is 1.22 bits per heavy atom. The molecular weight excluding hydrogens is 241 g/mol. The Balaban J connectivity index is 2.00. The number of hydrogen-bond donors (Lipinski definition) is 1. The lowest BCUT2D eigenvalue weighted by molar-refractivity contribution is -0.191. The van der Waals surface area contributed by atoms with Crippen LogP contribution in [-0.4, -0.2) is 30.2 Å². The van der Waals surface area contributed by atoms with Crippen molar-refractivity contribution in [3.63, 3.8) is 0 Å². The van der Waals surface area contributed by atoms with E-state index in [1.807, 2.05) is 35.2 Å². The Hall–Kier alpha value is -1.07. The van der Waals surface area contributed by atoms with Crippen LogP contribution in [0.1, 0.15) is 12.0 Å². The first-order chi connectivity index (χ1) is 8.47. The molecule has 1 heterocycles. The van der Waals surface area contributed by atoms with Crippen LogP contribution in [0.5, 0.6) is 0 Å². The topological polar surface area (TPSA) is 29.3 Å². The van der Waals surface area contributed by atoms with E-state index in [1.165, 1.54) is 0 Å². The first kappa shape index (κ1) is 13.4. The standard InChI is InChI=1S/C13H17F3N2/c14-13(15,16)11-9-18(7-6-12(11)17)8-10-4-2-1-3-5-10/h1-5,11-12H,6-9,17H2/t11-,12-/m1/s1. The van der Waals surface area contributed by atoms with Gasteiger partial charge in [0, 0.05) is 19.1 Å². The normalized spacial score (nSPS) is 26.2. The maximum absolute atomic E-state index is 12.8. The van der Waals surface area contributed by atoms with Crippen LogP contribution in [-0.2, 0) is 6.54 Å². The Bertz CT molecular complexity index is 378. The second-order valence-electron chi connectivity index (χ2n) is 4.82. The smallest absolute Gasteiger partial charge is 0.327 e. The lowest BCUT2D eigenvalue weighted by Gasteiger charge is -2.37. The molecule has 1 aromatic carbocycles. The van der Waals surface area contributed by atoms with Crippen molar-refractivity contribution in [2.24, 2.45) is 11.7 Å². The van der Waals surface area contributed by atoms with Crippen molar-refractivity contribution < 1.29 is 13.2 Å². The second-order valence-corrected chi connectivity index (χ2v) is 4.82. The monoisotopic (exact) mass is 258 g/mol. The minimum atomic E-state index is -4.20. The van der Waals surface area contributed by atoms with E-state index in [-0.39, 0.29) is 6.54 Å². The molecule has 1 saturated heterocycles. The van der Waals surface area contributed by atoms with Gasteiger partial charge in [-0.2, -0.15) is 13.2 Å². The summed E-state index contributed by atoms with van der Waals surface area (Å²) in [4.78, 5) is 1.83. The molecule has 0 spiro atoms. The van der Waals surface area contributed by atoms with E-state index >= 15 is 0 Å². The summed E-state index contributed by atoms with van der Waals surface area (Å²) < 4.78 is 38.4. The van der Waals surface area contributed by atoms with E-state index in [0.29, 0.717) is 19.5 Å². The molecule has 2 rings (SSSR count). The van der Waals surface area contributed by atoms with E-state index in [1.54, 1.807) is 0 Å². The first-order valence-electron chi connectivity index (χ1n) is 6.05. The van der Waals surface area contributed by atoms with Crippen LogP contribution in [0.4, 0.5) is 13.2 Å². The van der Waals surface area contributed by atoms with Gasteiger partial charge in [-0.1, -0.05) is 30.3 Å². The van der Waals surface area contributed by atoms with Crippen molar-refractivity contribution >= 4 is 0 Å². The zero-order valence-corrected chi connectivity index (χ0v) is 10.0. The predicted octanol–water partition coefficient (Wildman–Crippen LogP) is 2.40. The average Bonchev–Trinajstić information content (AvgIpc) is 2.31. The zero-order valence-electron chi connectivity index (χ0n) is 10.0. The highest BCUT2D eigenvalue weighted by Gasteiger charge is 2.45. The molecule has 1 aromatic rings. The van der Waals surface area contributed by atoms with Crippen molar-refractivity contribution in [3.8, 4) is 0 Å². The molecule has 18 heavy (non-hydrogen) atoms. The fourth-order valence-corrected chi connectivity index (χ4v) is 2.37.